The molecule has 1 aromatic rings. The van der Waals surface area contributed by atoms with E-state index in [1.165, 1.54) is 12.1 Å². The number of esters is 2. The van der Waals surface area contributed by atoms with Gasteiger partial charge in [-0.05, 0) is 70.6 Å². The molecule has 238 valence electrons. The lowest BCUT2D eigenvalue weighted by Gasteiger charge is -2.24. The Balaban J connectivity index is 2.98. The van der Waals surface area contributed by atoms with Crippen LogP contribution in [0.15, 0.2) is 18.2 Å². The molecule has 0 heterocycles. The molecule has 0 aliphatic carbocycles. The van der Waals surface area contributed by atoms with E-state index in [9.17, 15) is 19.2 Å². The normalized spacial score (nSPS) is 15.4. The van der Waals surface area contributed by atoms with Gasteiger partial charge in [0.05, 0.1) is 5.92 Å². The van der Waals surface area contributed by atoms with E-state index < -0.39 is 36.5 Å². The fourth-order valence-electron chi connectivity index (χ4n) is 3.69. The predicted octanol–water partition coefficient (Wildman–Crippen LogP) is 6.12. The number of hydrogen-bond acceptors (Lipinski definition) is 11. The number of carbonyl (C=O) groups excluding carboxylic acids is 4. The highest BCUT2D eigenvalue weighted by Gasteiger charge is 2.27. The first-order valence-corrected chi connectivity index (χ1v) is 14.7. The topological polar surface area (TPSA) is 150 Å². The van der Waals surface area contributed by atoms with Gasteiger partial charge in [-0.15, -0.1) is 0 Å². The minimum Gasteiger partial charge on any atom is -0.459 e. The zero-order chi connectivity index (χ0) is 32.0. The summed E-state index contributed by atoms with van der Waals surface area (Å²) in [5.74, 6) is -1.43. The number of rotatable bonds is 16. The van der Waals surface area contributed by atoms with Crippen molar-refractivity contribution in [3.63, 3.8) is 0 Å². The van der Waals surface area contributed by atoms with E-state index in [4.69, 9.17) is 34.2 Å². The van der Waals surface area contributed by atoms with Crippen LogP contribution in [0.3, 0.4) is 0 Å². The van der Waals surface area contributed by atoms with Crippen LogP contribution in [0.2, 0.25) is 0 Å². The summed E-state index contributed by atoms with van der Waals surface area (Å²) in [5, 5.41) is 0. The molecule has 6 atom stereocenters. The Labute approximate surface area is 249 Å². The second-order valence-electron chi connectivity index (χ2n) is 11.0. The van der Waals surface area contributed by atoms with Crippen LogP contribution in [0.5, 0.6) is 11.5 Å². The third-order valence-electron chi connectivity index (χ3n) is 6.78. The van der Waals surface area contributed by atoms with Crippen molar-refractivity contribution < 1.29 is 47.6 Å². The number of nitrogens with two attached hydrogens (primary N) is 1. The zero-order valence-electron chi connectivity index (χ0n) is 26.5. The van der Waals surface area contributed by atoms with E-state index in [2.05, 4.69) is 0 Å². The Kier molecular flexibility index (Phi) is 15.9. The first-order chi connectivity index (χ1) is 19.7. The minimum atomic E-state index is -1.08. The van der Waals surface area contributed by atoms with Crippen molar-refractivity contribution in [2.24, 2.45) is 17.6 Å². The Morgan fingerprint density at radius 1 is 0.690 bits per heavy atom. The first-order valence-electron chi connectivity index (χ1n) is 14.7. The van der Waals surface area contributed by atoms with Gasteiger partial charge in [0, 0.05) is 0 Å². The molecule has 0 amide bonds. The molecule has 0 saturated heterocycles. The molecule has 11 heteroatoms. The highest BCUT2D eigenvalue weighted by atomic mass is 16.7. The highest BCUT2D eigenvalue weighted by molar-refractivity contribution is 5.76. The fraction of sp³-hybridized carbons (Fsp3) is 0.677. The molecule has 0 radical (unpaired) electrons. The van der Waals surface area contributed by atoms with E-state index >= 15 is 0 Å². The molecule has 2 N–H and O–H groups in total. The van der Waals surface area contributed by atoms with Crippen LogP contribution in [-0.4, -0.2) is 54.7 Å². The van der Waals surface area contributed by atoms with Gasteiger partial charge in [-0.25, -0.2) is 9.59 Å². The van der Waals surface area contributed by atoms with Crippen LogP contribution in [0.25, 0.3) is 0 Å². The van der Waals surface area contributed by atoms with Gasteiger partial charge in [0.2, 0.25) is 0 Å². The number of carbonyl (C=O) groups is 4. The van der Waals surface area contributed by atoms with Crippen molar-refractivity contribution in [1.82, 2.24) is 0 Å². The molecule has 1 rings (SSSR count). The highest BCUT2D eigenvalue weighted by Crippen LogP contribution is 2.30. The predicted molar refractivity (Wildman–Crippen MR) is 156 cm³/mol. The van der Waals surface area contributed by atoms with Crippen LogP contribution >= 0.6 is 0 Å². The quantitative estimate of drug-likeness (QED) is 0.134. The average molecular weight is 596 g/mol. The van der Waals surface area contributed by atoms with Crippen LogP contribution in [0.1, 0.15) is 93.6 Å². The second-order valence-corrected chi connectivity index (χ2v) is 11.0. The lowest BCUT2D eigenvalue weighted by Crippen LogP contribution is -2.40. The summed E-state index contributed by atoms with van der Waals surface area (Å²) in [6, 6.07) is 3.33. The standard InChI is InChI=1S/C31H49NO10/c1-10-12-19(5)37-30(35)41-26-15-14-24(17-27(26)42-31(36)38-20(6)13-11-2)16-25(32)29(34)40-23(9)22(8)39-28(33)21(7)18(3)4/h14-15,17-23,25H,10-13,16,32H2,1-9H3/t19?,20?,21?,22-,23-,25-/m0/s1. The van der Waals surface area contributed by atoms with E-state index in [0.717, 1.165) is 12.8 Å². The molecule has 0 fully saturated rings. The summed E-state index contributed by atoms with van der Waals surface area (Å²) in [6.07, 6.45) is -1.12. The summed E-state index contributed by atoms with van der Waals surface area (Å²) in [4.78, 5) is 49.7. The lowest BCUT2D eigenvalue weighted by molar-refractivity contribution is -0.169. The maximum absolute atomic E-state index is 12.7. The molecule has 0 spiro atoms. The van der Waals surface area contributed by atoms with Crippen molar-refractivity contribution in [2.75, 3.05) is 0 Å². The van der Waals surface area contributed by atoms with Gasteiger partial charge in [-0.2, -0.15) is 0 Å². The summed E-state index contributed by atoms with van der Waals surface area (Å²) in [5.41, 5.74) is 6.62. The van der Waals surface area contributed by atoms with E-state index in [0.29, 0.717) is 18.4 Å². The zero-order valence-corrected chi connectivity index (χ0v) is 26.5. The third kappa shape index (κ3) is 13.1. The minimum absolute atomic E-state index is 0.0139. The van der Waals surface area contributed by atoms with Crippen molar-refractivity contribution in [3.05, 3.63) is 23.8 Å². The van der Waals surface area contributed by atoms with Crippen molar-refractivity contribution >= 4 is 24.2 Å². The fourth-order valence-corrected chi connectivity index (χ4v) is 3.69. The molecule has 0 aliphatic heterocycles. The summed E-state index contributed by atoms with van der Waals surface area (Å²) in [7, 11) is 0. The van der Waals surface area contributed by atoms with Gasteiger partial charge in [0.15, 0.2) is 11.5 Å². The molecule has 42 heavy (non-hydrogen) atoms. The van der Waals surface area contributed by atoms with Crippen LogP contribution in [0.4, 0.5) is 9.59 Å². The van der Waals surface area contributed by atoms with Gasteiger partial charge in [0.1, 0.15) is 30.5 Å². The average Bonchev–Trinajstić information content (AvgIpc) is 2.89. The smallest absolute Gasteiger partial charge is 0.459 e. The molecule has 0 bridgehead atoms. The molecule has 11 nitrogen and oxygen atoms in total. The number of benzene rings is 1. The Bertz CT molecular complexity index is 1030. The van der Waals surface area contributed by atoms with E-state index in [1.54, 1.807) is 40.7 Å². The van der Waals surface area contributed by atoms with Crippen molar-refractivity contribution in [1.29, 1.82) is 0 Å². The van der Waals surface area contributed by atoms with Crippen molar-refractivity contribution in [3.8, 4) is 11.5 Å². The molecular formula is C31H49NO10. The van der Waals surface area contributed by atoms with Gasteiger partial charge in [-0.1, -0.05) is 53.5 Å². The first kappa shape index (κ1) is 36.7. The molecule has 1 aromatic carbocycles. The van der Waals surface area contributed by atoms with Gasteiger partial charge < -0.3 is 34.2 Å². The summed E-state index contributed by atoms with van der Waals surface area (Å²) in [6.45, 7) is 16.3. The van der Waals surface area contributed by atoms with Gasteiger partial charge in [-0.3, -0.25) is 9.59 Å². The maximum atomic E-state index is 12.7. The number of ether oxygens (including phenoxy) is 6. The Morgan fingerprint density at radius 3 is 1.64 bits per heavy atom. The summed E-state index contributed by atoms with van der Waals surface area (Å²) >= 11 is 0. The summed E-state index contributed by atoms with van der Waals surface area (Å²) < 4.78 is 32.1. The Hall–Kier alpha value is -3.34. The van der Waals surface area contributed by atoms with Gasteiger partial charge in [0.25, 0.3) is 0 Å². The molecule has 0 aliphatic rings. The second kappa shape index (κ2) is 18.3. The molecule has 3 unspecified atom stereocenters. The monoisotopic (exact) mass is 595 g/mol. The van der Waals surface area contributed by atoms with Crippen LogP contribution in [-0.2, 0) is 35.0 Å². The molecule has 0 saturated carbocycles. The van der Waals surface area contributed by atoms with Crippen LogP contribution in [0, 0.1) is 11.8 Å². The third-order valence-corrected chi connectivity index (χ3v) is 6.78. The van der Waals surface area contributed by atoms with Gasteiger partial charge >= 0.3 is 24.2 Å². The largest absolute Gasteiger partial charge is 0.514 e. The SMILES string of the molecule is CCCC(C)OC(=O)Oc1ccc(C[C@H](N)C(=O)O[C@@H](C)[C@H](C)OC(=O)C(C)C(C)C)cc1OC(=O)OC(C)CCC. The molecule has 0 aromatic heterocycles. The van der Waals surface area contributed by atoms with Crippen molar-refractivity contribution in [2.45, 2.75) is 125 Å². The van der Waals surface area contributed by atoms with E-state index in [-0.39, 0.29) is 47.9 Å². The van der Waals surface area contributed by atoms with E-state index in [1.807, 2.05) is 27.7 Å². The lowest BCUT2D eigenvalue weighted by atomic mass is 9.98. The molecular weight excluding hydrogens is 546 g/mol. The van der Waals surface area contributed by atoms with Crippen LogP contribution < -0.4 is 15.2 Å². The number of hydrogen-bond donors (Lipinski definition) is 1. The Morgan fingerprint density at radius 2 is 1.17 bits per heavy atom. The maximum Gasteiger partial charge on any atom is 0.514 e.